The number of hydrogen-bond acceptors (Lipinski definition) is 4. The number of rotatable bonds is 6. The van der Waals surface area contributed by atoms with Gasteiger partial charge in [0.05, 0.1) is 5.92 Å². The van der Waals surface area contributed by atoms with Gasteiger partial charge < -0.3 is 20.4 Å². The molecule has 0 aliphatic heterocycles. The van der Waals surface area contributed by atoms with Crippen molar-refractivity contribution < 1.29 is 55.5 Å². The van der Waals surface area contributed by atoms with Gasteiger partial charge in [0.15, 0.2) is 0 Å². The van der Waals surface area contributed by atoms with Crippen molar-refractivity contribution in [1.82, 2.24) is 0 Å². The predicted octanol–water partition coefficient (Wildman–Crippen LogP) is 8.19. The number of benzene rings is 4. The van der Waals surface area contributed by atoms with E-state index in [-0.39, 0.29) is 0 Å². The Morgan fingerprint density at radius 3 is 0.951 bits per heavy atom. The fourth-order valence-corrected chi connectivity index (χ4v) is 3.34. The van der Waals surface area contributed by atoms with E-state index in [1.165, 1.54) is 0 Å². The molecule has 4 aromatic rings. The first-order valence-corrected chi connectivity index (χ1v) is 11.6. The number of hydrogen-bond donors (Lipinski definition) is 4. The largest absolute Gasteiger partial charge is 0.508 e. The zero-order valence-electron chi connectivity index (χ0n) is 20.9. The Morgan fingerprint density at radius 1 is 0.415 bits per heavy atom. The second-order valence-electron chi connectivity index (χ2n) is 8.41. The molecule has 0 fully saturated rings. The molecule has 0 atom stereocenters. The van der Waals surface area contributed by atoms with Crippen LogP contribution in [0.25, 0.3) is 0 Å². The molecular formula is C29H24F8O4. The number of para-hydroxylation sites is 2. The van der Waals surface area contributed by atoms with Gasteiger partial charge in [-0.05, 0) is 59.7 Å². The summed E-state index contributed by atoms with van der Waals surface area (Å²) in [6, 6.07) is 23.9. The first kappa shape index (κ1) is 32.7. The van der Waals surface area contributed by atoms with Gasteiger partial charge in [0.2, 0.25) is 0 Å². The van der Waals surface area contributed by atoms with Crippen LogP contribution in [0.15, 0.2) is 109 Å². The molecule has 0 unspecified atom stereocenters. The van der Waals surface area contributed by atoms with Gasteiger partial charge in [-0.3, -0.25) is 0 Å². The lowest BCUT2D eigenvalue weighted by Gasteiger charge is -2.37. The van der Waals surface area contributed by atoms with Gasteiger partial charge in [0.1, 0.15) is 23.0 Å². The Balaban J connectivity index is 0.000000338. The lowest BCUT2D eigenvalue weighted by Crippen LogP contribution is -2.59. The van der Waals surface area contributed by atoms with E-state index in [1.54, 1.807) is 48.5 Å². The number of phenols is 4. The minimum Gasteiger partial charge on any atom is -0.508 e. The summed E-state index contributed by atoms with van der Waals surface area (Å²) in [5, 5.41) is 35.7. The third-order valence-electron chi connectivity index (χ3n) is 5.44. The highest BCUT2D eigenvalue weighted by atomic mass is 19.4. The third kappa shape index (κ3) is 8.26. The van der Waals surface area contributed by atoms with Crippen LogP contribution in [0.5, 0.6) is 23.0 Å². The molecule has 0 spiro atoms. The van der Waals surface area contributed by atoms with E-state index in [9.17, 15) is 45.3 Å². The van der Waals surface area contributed by atoms with E-state index in [1.807, 2.05) is 12.1 Å². The van der Waals surface area contributed by atoms with Crippen LogP contribution in [0.1, 0.15) is 17.0 Å². The molecule has 41 heavy (non-hydrogen) atoms. The third-order valence-corrected chi connectivity index (χ3v) is 5.44. The average Bonchev–Trinajstić information content (AvgIpc) is 2.92. The van der Waals surface area contributed by atoms with Crippen LogP contribution < -0.4 is 0 Å². The maximum atomic E-state index is 14.6. The number of phenolic OH excluding ortho intramolecular Hbond substituents is 4. The smallest absolute Gasteiger partial charge is 0.378 e. The topological polar surface area (TPSA) is 80.9 Å². The molecule has 0 saturated carbocycles. The van der Waals surface area contributed by atoms with E-state index >= 15 is 0 Å². The van der Waals surface area contributed by atoms with Crippen LogP contribution in [0, 0.1) is 0 Å². The van der Waals surface area contributed by atoms with Crippen LogP contribution in [0.4, 0.5) is 35.1 Å². The van der Waals surface area contributed by atoms with Crippen LogP contribution in [0.3, 0.4) is 0 Å². The van der Waals surface area contributed by atoms with Crippen molar-refractivity contribution in [2.45, 2.75) is 30.1 Å². The predicted molar refractivity (Wildman–Crippen MR) is 135 cm³/mol. The van der Waals surface area contributed by atoms with Crippen molar-refractivity contribution in [2.24, 2.45) is 0 Å². The van der Waals surface area contributed by atoms with Gasteiger partial charge in [-0.25, -0.2) is 8.78 Å². The molecule has 220 valence electrons. The van der Waals surface area contributed by atoms with Crippen LogP contribution in [-0.4, -0.2) is 44.6 Å². The van der Waals surface area contributed by atoms with Crippen LogP contribution in [-0.2, 0) is 0 Å². The zero-order chi connectivity index (χ0) is 30.8. The van der Waals surface area contributed by atoms with E-state index in [0.29, 0.717) is 11.5 Å². The molecule has 0 aliphatic carbocycles. The second-order valence-corrected chi connectivity index (χ2v) is 8.41. The summed E-state index contributed by atoms with van der Waals surface area (Å²) < 4.78 is 108. The Kier molecular flexibility index (Phi) is 11.0. The molecule has 0 radical (unpaired) electrons. The van der Waals surface area contributed by atoms with Crippen molar-refractivity contribution in [1.29, 1.82) is 0 Å². The summed E-state index contributed by atoms with van der Waals surface area (Å²) in [4.78, 5) is 0. The summed E-state index contributed by atoms with van der Waals surface area (Å²) in [6.45, 7) is 0. The molecule has 4 rings (SSSR count). The monoisotopic (exact) mass is 588 g/mol. The maximum Gasteiger partial charge on any atom is 0.378 e. The molecule has 0 aromatic heterocycles. The van der Waals surface area contributed by atoms with Gasteiger partial charge in [0.25, 0.3) is 0 Å². The SMILES string of the molecule is Oc1ccc(C(c2ccc(O)cc2)C(F)(F)C(F)(F)C(F)(F)C(F)F)cc1.Oc1ccccc1.Oc1ccccc1. The van der Waals surface area contributed by atoms with Gasteiger partial charge in [-0.1, -0.05) is 60.7 Å². The van der Waals surface area contributed by atoms with E-state index < -0.39 is 52.7 Å². The van der Waals surface area contributed by atoms with Crippen molar-refractivity contribution in [2.75, 3.05) is 0 Å². The van der Waals surface area contributed by atoms with E-state index in [4.69, 9.17) is 10.2 Å². The van der Waals surface area contributed by atoms with Gasteiger partial charge in [-0.15, -0.1) is 0 Å². The lowest BCUT2D eigenvalue weighted by atomic mass is 9.81. The van der Waals surface area contributed by atoms with E-state index in [0.717, 1.165) is 48.5 Å². The summed E-state index contributed by atoms with van der Waals surface area (Å²) in [7, 11) is 0. The Labute approximate surface area is 229 Å². The molecular weight excluding hydrogens is 564 g/mol. The Morgan fingerprint density at radius 2 is 0.707 bits per heavy atom. The normalized spacial score (nSPS) is 11.8. The van der Waals surface area contributed by atoms with Crippen LogP contribution in [0.2, 0.25) is 0 Å². The highest BCUT2D eigenvalue weighted by molar-refractivity contribution is 5.40. The fourth-order valence-electron chi connectivity index (χ4n) is 3.34. The molecule has 0 heterocycles. The van der Waals surface area contributed by atoms with E-state index in [2.05, 4.69) is 0 Å². The summed E-state index contributed by atoms with van der Waals surface area (Å²) >= 11 is 0. The molecule has 4 aromatic carbocycles. The zero-order valence-corrected chi connectivity index (χ0v) is 20.9. The molecule has 4 N–H and O–H groups in total. The Bertz CT molecular complexity index is 1240. The molecule has 0 saturated heterocycles. The van der Waals surface area contributed by atoms with Gasteiger partial charge in [-0.2, -0.15) is 26.3 Å². The maximum absolute atomic E-state index is 14.6. The van der Waals surface area contributed by atoms with Gasteiger partial charge >= 0.3 is 24.2 Å². The molecule has 0 amide bonds. The summed E-state index contributed by atoms with van der Waals surface area (Å²) in [6.07, 6.45) is -5.03. The highest BCUT2D eigenvalue weighted by Gasteiger charge is 2.77. The number of halogens is 8. The van der Waals surface area contributed by atoms with Crippen molar-refractivity contribution >= 4 is 0 Å². The summed E-state index contributed by atoms with van der Waals surface area (Å²) in [5.41, 5.74) is -1.26. The van der Waals surface area contributed by atoms with Gasteiger partial charge in [0, 0.05) is 0 Å². The van der Waals surface area contributed by atoms with Crippen LogP contribution >= 0.6 is 0 Å². The first-order chi connectivity index (χ1) is 19.1. The fraction of sp³-hybridized carbons (Fsp3) is 0.172. The number of aromatic hydroxyl groups is 4. The molecule has 12 heteroatoms. The second kappa shape index (κ2) is 13.7. The van der Waals surface area contributed by atoms with Crippen molar-refractivity contribution in [3.05, 3.63) is 120 Å². The molecule has 4 nitrogen and oxygen atoms in total. The standard InChI is InChI=1S/C17H12F8O2.2C6H6O/c18-14(19)16(22,23)17(24,25)15(20,21)13(9-1-5-11(26)6-2-9)10-3-7-12(27)8-4-10;2*7-6-4-2-1-3-5-6/h1-8,13-14,26-27H;2*1-5,7H. The highest BCUT2D eigenvalue weighted by Crippen LogP contribution is 2.55. The summed E-state index contributed by atoms with van der Waals surface area (Å²) in [5.74, 6) is -21.3. The average molecular weight is 588 g/mol. The Hall–Kier alpha value is -4.48. The quantitative estimate of drug-likeness (QED) is 0.171. The lowest BCUT2D eigenvalue weighted by molar-refractivity contribution is -0.341. The minimum absolute atomic E-state index is 0.322. The first-order valence-electron chi connectivity index (χ1n) is 11.6. The number of alkyl halides is 8. The van der Waals surface area contributed by atoms with Crippen molar-refractivity contribution in [3.8, 4) is 23.0 Å². The van der Waals surface area contributed by atoms with Crippen molar-refractivity contribution in [3.63, 3.8) is 0 Å². The minimum atomic E-state index is -6.41. The molecule has 0 bridgehead atoms. The molecule has 0 aliphatic rings.